The number of hydrogen-bond acceptors (Lipinski definition) is 5. The molecule has 1 unspecified atom stereocenters. The van der Waals surface area contributed by atoms with Crippen molar-refractivity contribution in [1.82, 2.24) is 20.1 Å². The minimum Gasteiger partial charge on any atom is -0.342 e. The predicted molar refractivity (Wildman–Crippen MR) is 119 cm³/mol. The fourth-order valence-electron chi connectivity index (χ4n) is 5.76. The molecule has 0 radical (unpaired) electrons. The van der Waals surface area contributed by atoms with Crippen molar-refractivity contribution in [3.63, 3.8) is 0 Å². The zero-order valence-electron chi connectivity index (χ0n) is 18.2. The second-order valence-corrected chi connectivity index (χ2v) is 9.20. The van der Waals surface area contributed by atoms with Gasteiger partial charge in [0.25, 0.3) is 0 Å². The zero-order chi connectivity index (χ0) is 21.3. The second kappa shape index (κ2) is 8.42. The van der Waals surface area contributed by atoms with Gasteiger partial charge in [-0.3, -0.25) is 9.69 Å². The van der Waals surface area contributed by atoms with Gasteiger partial charge in [-0.25, -0.2) is 4.63 Å². The van der Waals surface area contributed by atoms with Gasteiger partial charge in [0, 0.05) is 32.0 Å². The largest absolute Gasteiger partial charge is 0.342 e. The van der Waals surface area contributed by atoms with E-state index < -0.39 is 0 Å². The van der Waals surface area contributed by atoms with E-state index in [1.807, 2.05) is 6.07 Å². The molecule has 2 saturated heterocycles. The maximum atomic E-state index is 12.2. The van der Waals surface area contributed by atoms with Crippen molar-refractivity contribution in [2.45, 2.75) is 44.6 Å². The van der Waals surface area contributed by atoms with Crippen molar-refractivity contribution in [1.29, 1.82) is 0 Å². The Morgan fingerprint density at radius 2 is 1.84 bits per heavy atom. The number of carbonyl (C=O) groups is 1. The van der Waals surface area contributed by atoms with Crippen LogP contribution in [-0.4, -0.2) is 52.2 Å². The van der Waals surface area contributed by atoms with E-state index in [1.54, 1.807) is 6.92 Å². The number of nitrogens with zero attached hydrogens (tertiary/aromatic N) is 4. The molecule has 1 amide bonds. The summed E-state index contributed by atoms with van der Waals surface area (Å²) in [5.74, 6) is 0.797. The maximum absolute atomic E-state index is 12.2. The molecule has 2 fully saturated rings. The minimum absolute atomic E-state index is 0.0720. The number of hydrogen-bond donors (Lipinski definition) is 0. The van der Waals surface area contributed by atoms with Crippen LogP contribution in [0.2, 0.25) is 0 Å². The van der Waals surface area contributed by atoms with Gasteiger partial charge in [0.2, 0.25) is 5.91 Å². The van der Waals surface area contributed by atoms with Crippen LogP contribution in [-0.2, 0) is 16.8 Å². The average Bonchev–Trinajstić information content (AvgIpc) is 3.28. The van der Waals surface area contributed by atoms with Gasteiger partial charge >= 0.3 is 0 Å². The molecule has 2 aliphatic rings. The van der Waals surface area contributed by atoms with E-state index in [9.17, 15) is 4.79 Å². The summed E-state index contributed by atoms with van der Waals surface area (Å²) in [6.07, 6.45) is 4.57. The van der Waals surface area contributed by atoms with E-state index in [0.717, 1.165) is 63.0 Å². The molecule has 31 heavy (non-hydrogen) atoms. The molecule has 0 N–H and O–H groups in total. The Labute approximate surface area is 183 Å². The van der Waals surface area contributed by atoms with Crippen LogP contribution in [0.5, 0.6) is 0 Å². The normalized spacial score (nSPS) is 23.3. The third-order valence-corrected chi connectivity index (χ3v) is 7.41. The fraction of sp³-hybridized carbons (Fsp3) is 0.480. The van der Waals surface area contributed by atoms with Crippen molar-refractivity contribution in [3.8, 4) is 0 Å². The summed E-state index contributed by atoms with van der Waals surface area (Å²) < 4.78 is 4.83. The van der Waals surface area contributed by atoms with Crippen LogP contribution in [0.4, 0.5) is 0 Å². The maximum Gasteiger partial charge on any atom is 0.219 e. The lowest BCUT2D eigenvalue weighted by Gasteiger charge is -2.50. The first-order chi connectivity index (χ1) is 15.1. The number of fused-ring (bicyclic) bond motifs is 1. The summed E-state index contributed by atoms with van der Waals surface area (Å²) in [6, 6.07) is 17.1. The van der Waals surface area contributed by atoms with Crippen LogP contribution in [0, 0.1) is 5.92 Å². The predicted octanol–water partition coefficient (Wildman–Crippen LogP) is 4.02. The number of piperidine rings is 2. The van der Waals surface area contributed by atoms with Crippen LogP contribution in [0.3, 0.4) is 0 Å². The van der Waals surface area contributed by atoms with Gasteiger partial charge in [-0.05, 0) is 78.3 Å². The quantitative estimate of drug-likeness (QED) is 0.641. The van der Waals surface area contributed by atoms with Crippen LogP contribution in [0.15, 0.2) is 53.2 Å². The highest BCUT2D eigenvalue weighted by molar-refractivity contribution is 5.74. The molecule has 0 spiro atoms. The molecule has 0 aliphatic carbocycles. The lowest BCUT2D eigenvalue weighted by Crippen LogP contribution is -2.53. The first-order valence-corrected chi connectivity index (χ1v) is 11.4. The lowest BCUT2D eigenvalue weighted by atomic mass is 9.62. The SMILES string of the molecule is CC(=O)N1CCCC(c2ccccc2)(C2CCN(Cc3ccc4nonc4c3)CC2)C1. The molecule has 0 saturated carbocycles. The smallest absolute Gasteiger partial charge is 0.219 e. The van der Waals surface area contributed by atoms with Gasteiger partial charge in [0.1, 0.15) is 11.0 Å². The van der Waals surface area contributed by atoms with Crippen LogP contribution in [0.25, 0.3) is 11.0 Å². The Bertz CT molecular complexity index is 1040. The molecule has 1 aromatic heterocycles. The monoisotopic (exact) mass is 418 g/mol. The van der Waals surface area contributed by atoms with Crippen molar-refractivity contribution >= 4 is 16.9 Å². The van der Waals surface area contributed by atoms with Crippen LogP contribution in [0.1, 0.15) is 43.7 Å². The van der Waals surface area contributed by atoms with E-state index in [1.165, 1.54) is 17.5 Å². The van der Waals surface area contributed by atoms with E-state index >= 15 is 0 Å². The third-order valence-electron chi connectivity index (χ3n) is 7.41. The molecular weight excluding hydrogens is 388 g/mol. The highest BCUT2D eigenvalue weighted by atomic mass is 16.6. The molecule has 3 aromatic rings. The molecule has 0 bridgehead atoms. The van der Waals surface area contributed by atoms with Crippen molar-refractivity contribution in [3.05, 3.63) is 59.7 Å². The highest BCUT2D eigenvalue weighted by Gasteiger charge is 2.45. The molecule has 6 nitrogen and oxygen atoms in total. The van der Waals surface area contributed by atoms with E-state index in [0.29, 0.717) is 5.92 Å². The van der Waals surface area contributed by atoms with E-state index in [2.05, 4.69) is 62.6 Å². The summed E-state index contributed by atoms with van der Waals surface area (Å²) in [7, 11) is 0. The summed E-state index contributed by atoms with van der Waals surface area (Å²) in [5.41, 5.74) is 4.35. The number of amides is 1. The van der Waals surface area contributed by atoms with Gasteiger partial charge < -0.3 is 4.90 Å². The minimum atomic E-state index is 0.0720. The highest BCUT2D eigenvalue weighted by Crippen LogP contribution is 2.45. The zero-order valence-corrected chi connectivity index (χ0v) is 18.2. The van der Waals surface area contributed by atoms with Crippen LogP contribution >= 0.6 is 0 Å². The van der Waals surface area contributed by atoms with Crippen molar-refractivity contribution in [2.75, 3.05) is 26.2 Å². The lowest BCUT2D eigenvalue weighted by molar-refractivity contribution is -0.132. The molecule has 6 heteroatoms. The van der Waals surface area contributed by atoms with E-state index in [-0.39, 0.29) is 11.3 Å². The Morgan fingerprint density at radius 1 is 1.06 bits per heavy atom. The Balaban J connectivity index is 1.32. The van der Waals surface area contributed by atoms with Crippen molar-refractivity contribution in [2.24, 2.45) is 5.92 Å². The van der Waals surface area contributed by atoms with Gasteiger partial charge in [-0.1, -0.05) is 36.4 Å². The molecule has 3 heterocycles. The number of aromatic nitrogens is 2. The van der Waals surface area contributed by atoms with Crippen molar-refractivity contribution < 1.29 is 9.42 Å². The summed E-state index contributed by atoms with van der Waals surface area (Å²) in [6.45, 7) is 6.54. The molecule has 5 rings (SSSR count). The Kier molecular flexibility index (Phi) is 5.48. The third kappa shape index (κ3) is 3.97. The van der Waals surface area contributed by atoms with Gasteiger partial charge in [-0.15, -0.1) is 0 Å². The first-order valence-electron chi connectivity index (χ1n) is 11.4. The standard InChI is InChI=1S/C25H30N4O2/c1-19(30)29-13-5-12-25(18-29,21-6-3-2-4-7-21)22-10-14-28(15-11-22)17-20-8-9-23-24(16-20)27-31-26-23/h2-4,6-9,16,22H,5,10-15,17-18H2,1H3. The number of rotatable bonds is 4. The molecule has 162 valence electrons. The second-order valence-electron chi connectivity index (χ2n) is 9.20. The number of benzene rings is 2. The molecule has 2 aliphatic heterocycles. The van der Waals surface area contributed by atoms with Crippen LogP contribution < -0.4 is 0 Å². The Morgan fingerprint density at radius 3 is 2.61 bits per heavy atom. The Hall–Kier alpha value is -2.73. The first kappa shape index (κ1) is 20.2. The van der Waals surface area contributed by atoms with Gasteiger partial charge in [0.15, 0.2) is 0 Å². The molecule has 2 aromatic carbocycles. The topological polar surface area (TPSA) is 62.5 Å². The summed E-state index contributed by atoms with van der Waals surface area (Å²) in [5, 5.41) is 7.87. The van der Waals surface area contributed by atoms with E-state index in [4.69, 9.17) is 4.63 Å². The molecular formula is C25H30N4O2. The fourth-order valence-corrected chi connectivity index (χ4v) is 5.76. The average molecular weight is 419 g/mol. The molecule has 1 atom stereocenters. The number of carbonyl (C=O) groups excluding carboxylic acids is 1. The van der Waals surface area contributed by atoms with Gasteiger partial charge in [0.05, 0.1) is 0 Å². The summed E-state index contributed by atoms with van der Waals surface area (Å²) >= 11 is 0. The summed E-state index contributed by atoms with van der Waals surface area (Å²) in [4.78, 5) is 16.8. The number of likely N-dealkylation sites (tertiary alicyclic amines) is 2. The van der Waals surface area contributed by atoms with Gasteiger partial charge in [-0.2, -0.15) is 0 Å².